The fourth-order valence-corrected chi connectivity index (χ4v) is 1.87. The molecule has 6 heteroatoms. The normalized spacial score (nSPS) is 15.3. The van der Waals surface area contributed by atoms with Gasteiger partial charge in [0.2, 0.25) is 0 Å². The summed E-state index contributed by atoms with van der Waals surface area (Å²) in [6.07, 6.45) is -4.45. The van der Waals surface area contributed by atoms with Crippen LogP contribution >= 0.6 is 0 Å². The van der Waals surface area contributed by atoms with Gasteiger partial charge in [-0.05, 0) is 31.0 Å². The number of rotatable bonds is 5. The molecule has 1 aromatic rings. The van der Waals surface area contributed by atoms with E-state index < -0.39 is 23.6 Å². The maximum Gasteiger partial charge on any atom is 0.419 e. The first-order valence-corrected chi connectivity index (χ1v) is 6.05. The molecule has 0 amide bonds. The first-order chi connectivity index (χ1) is 8.81. The molecule has 2 unspecified atom stereocenters. The van der Waals surface area contributed by atoms with Crippen LogP contribution < -0.4 is 5.73 Å². The number of ether oxygens (including phenoxy) is 1. The summed E-state index contributed by atoms with van der Waals surface area (Å²) in [5, 5.41) is 0. The fourth-order valence-electron chi connectivity index (χ4n) is 1.87. The van der Waals surface area contributed by atoms with E-state index >= 15 is 0 Å². The number of benzene rings is 1. The maximum absolute atomic E-state index is 13.4. The highest BCUT2D eigenvalue weighted by molar-refractivity contribution is 5.29. The van der Waals surface area contributed by atoms with Gasteiger partial charge in [-0.25, -0.2) is 4.39 Å². The van der Waals surface area contributed by atoms with Crippen LogP contribution in [0.4, 0.5) is 17.6 Å². The summed E-state index contributed by atoms with van der Waals surface area (Å²) in [7, 11) is 0. The molecule has 0 saturated carbocycles. The van der Waals surface area contributed by atoms with E-state index in [1.165, 1.54) is 6.07 Å². The van der Waals surface area contributed by atoms with E-state index in [0.29, 0.717) is 24.7 Å². The second kappa shape index (κ2) is 6.34. The third-order valence-corrected chi connectivity index (χ3v) is 2.87. The molecular weight excluding hydrogens is 262 g/mol. The van der Waals surface area contributed by atoms with Crippen LogP contribution in [-0.4, -0.2) is 12.7 Å². The average molecular weight is 279 g/mol. The molecule has 2 atom stereocenters. The Balaban J connectivity index is 3.00. The van der Waals surface area contributed by atoms with Crippen molar-refractivity contribution in [1.82, 2.24) is 0 Å². The first-order valence-electron chi connectivity index (χ1n) is 6.05. The van der Waals surface area contributed by atoms with Crippen molar-refractivity contribution in [3.8, 4) is 0 Å². The third-order valence-electron chi connectivity index (χ3n) is 2.87. The van der Waals surface area contributed by atoms with Gasteiger partial charge in [-0.2, -0.15) is 13.2 Å². The van der Waals surface area contributed by atoms with Crippen molar-refractivity contribution in [3.05, 3.63) is 35.1 Å². The Labute approximate surface area is 109 Å². The number of hydrogen-bond acceptors (Lipinski definition) is 2. The number of nitrogens with two attached hydrogens (primary N) is 1. The lowest BCUT2D eigenvalue weighted by atomic mass is 9.98. The zero-order valence-electron chi connectivity index (χ0n) is 10.8. The molecule has 0 spiro atoms. The van der Waals surface area contributed by atoms with Crippen LogP contribution in [0.3, 0.4) is 0 Å². The topological polar surface area (TPSA) is 35.2 Å². The van der Waals surface area contributed by atoms with Crippen LogP contribution in [0.15, 0.2) is 18.2 Å². The van der Waals surface area contributed by atoms with E-state index in [4.69, 9.17) is 10.5 Å². The van der Waals surface area contributed by atoms with Crippen molar-refractivity contribution >= 4 is 0 Å². The molecule has 0 aliphatic carbocycles. The van der Waals surface area contributed by atoms with Crippen LogP contribution in [0, 0.1) is 5.82 Å². The third kappa shape index (κ3) is 3.91. The van der Waals surface area contributed by atoms with Gasteiger partial charge in [-0.1, -0.05) is 13.0 Å². The van der Waals surface area contributed by atoms with E-state index in [-0.39, 0.29) is 6.10 Å². The summed E-state index contributed by atoms with van der Waals surface area (Å²) >= 11 is 0. The molecule has 0 heterocycles. The summed E-state index contributed by atoms with van der Waals surface area (Å²) in [4.78, 5) is 0. The zero-order chi connectivity index (χ0) is 14.6. The Hall–Kier alpha value is -1.14. The quantitative estimate of drug-likeness (QED) is 0.835. The molecule has 19 heavy (non-hydrogen) atoms. The van der Waals surface area contributed by atoms with Gasteiger partial charge in [-0.3, -0.25) is 0 Å². The van der Waals surface area contributed by atoms with E-state index in [9.17, 15) is 17.6 Å². The van der Waals surface area contributed by atoms with E-state index in [1.54, 1.807) is 6.92 Å². The molecule has 0 aliphatic heterocycles. The monoisotopic (exact) mass is 279 g/mol. The Morgan fingerprint density at radius 2 is 1.89 bits per heavy atom. The second-order valence-electron chi connectivity index (χ2n) is 4.16. The molecule has 2 N–H and O–H groups in total. The van der Waals surface area contributed by atoms with Gasteiger partial charge in [0.15, 0.2) is 0 Å². The van der Waals surface area contributed by atoms with E-state index in [2.05, 4.69) is 0 Å². The molecule has 2 nitrogen and oxygen atoms in total. The van der Waals surface area contributed by atoms with E-state index in [0.717, 1.165) is 6.07 Å². The van der Waals surface area contributed by atoms with Crippen molar-refractivity contribution in [2.45, 2.75) is 38.6 Å². The van der Waals surface area contributed by atoms with Crippen LogP contribution in [0.5, 0.6) is 0 Å². The van der Waals surface area contributed by atoms with Gasteiger partial charge in [0.1, 0.15) is 5.82 Å². The largest absolute Gasteiger partial charge is 0.419 e. The molecular formula is C13H17F4NO. The van der Waals surface area contributed by atoms with Gasteiger partial charge in [0, 0.05) is 6.61 Å². The Bertz CT molecular complexity index is 420. The van der Waals surface area contributed by atoms with Crippen LogP contribution in [0.25, 0.3) is 0 Å². The fraction of sp³-hybridized carbons (Fsp3) is 0.538. The Morgan fingerprint density at radius 3 is 2.32 bits per heavy atom. The van der Waals surface area contributed by atoms with Crippen molar-refractivity contribution in [1.29, 1.82) is 0 Å². The summed E-state index contributed by atoms with van der Waals surface area (Å²) in [6.45, 7) is 4.08. The smallest absolute Gasteiger partial charge is 0.377 e. The molecule has 0 aliphatic rings. The lowest BCUT2D eigenvalue weighted by Crippen LogP contribution is -2.28. The number of alkyl halides is 3. The summed E-state index contributed by atoms with van der Waals surface area (Å²) < 4.78 is 56.1. The molecule has 1 rings (SSSR count). The maximum atomic E-state index is 13.4. The highest BCUT2D eigenvalue weighted by atomic mass is 19.4. The van der Waals surface area contributed by atoms with E-state index in [1.807, 2.05) is 6.92 Å². The van der Waals surface area contributed by atoms with Crippen LogP contribution in [0.2, 0.25) is 0 Å². The molecule has 108 valence electrons. The van der Waals surface area contributed by atoms with Gasteiger partial charge in [0.25, 0.3) is 0 Å². The number of halogens is 4. The molecule has 0 bridgehead atoms. The molecule has 0 saturated heterocycles. The van der Waals surface area contributed by atoms with Gasteiger partial charge < -0.3 is 10.5 Å². The minimum Gasteiger partial charge on any atom is -0.377 e. The first kappa shape index (κ1) is 15.9. The summed E-state index contributed by atoms with van der Waals surface area (Å²) in [6, 6.07) is 2.08. The molecule has 1 aromatic carbocycles. The van der Waals surface area contributed by atoms with Gasteiger partial charge in [0.05, 0.1) is 17.7 Å². The summed E-state index contributed by atoms with van der Waals surface area (Å²) in [5.74, 6) is -1.31. The number of hydrogen-bond donors (Lipinski definition) is 1. The van der Waals surface area contributed by atoms with Crippen LogP contribution in [-0.2, 0) is 10.9 Å². The minimum atomic E-state index is -4.70. The SMILES string of the molecule is CCOC(CC)C(N)c1ccc(C(F)(F)F)c(F)c1. The minimum absolute atomic E-state index is 0.297. The molecule has 0 aromatic heterocycles. The average Bonchev–Trinajstić information content (AvgIpc) is 2.33. The lowest BCUT2D eigenvalue weighted by Gasteiger charge is -2.23. The van der Waals surface area contributed by atoms with Crippen LogP contribution in [0.1, 0.15) is 37.4 Å². The molecule has 0 fully saturated rings. The lowest BCUT2D eigenvalue weighted by molar-refractivity contribution is -0.140. The highest BCUT2D eigenvalue weighted by Gasteiger charge is 2.34. The Morgan fingerprint density at radius 1 is 1.26 bits per heavy atom. The Kier molecular flexibility index (Phi) is 5.31. The predicted octanol–water partition coefficient (Wildman–Crippen LogP) is 3.66. The summed E-state index contributed by atoms with van der Waals surface area (Å²) in [5.41, 5.74) is 4.90. The van der Waals surface area contributed by atoms with Gasteiger partial charge >= 0.3 is 6.18 Å². The molecule has 0 radical (unpaired) electrons. The van der Waals surface area contributed by atoms with Gasteiger partial charge in [-0.15, -0.1) is 0 Å². The predicted molar refractivity (Wildman–Crippen MR) is 64.0 cm³/mol. The van der Waals surface area contributed by atoms with Crippen molar-refractivity contribution in [2.75, 3.05) is 6.61 Å². The van der Waals surface area contributed by atoms with Crippen molar-refractivity contribution in [2.24, 2.45) is 5.73 Å². The highest BCUT2D eigenvalue weighted by Crippen LogP contribution is 2.32. The zero-order valence-corrected chi connectivity index (χ0v) is 10.8. The second-order valence-corrected chi connectivity index (χ2v) is 4.16. The van der Waals surface area contributed by atoms with Crippen molar-refractivity contribution < 1.29 is 22.3 Å². The standard InChI is InChI=1S/C13H17F4NO/c1-3-11(19-4-2)12(18)8-5-6-9(10(14)7-8)13(15,16)17/h5-7,11-12H,3-4,18H2,1-2H3. The van der Waals surface area contributed by atoms with Crippen molar-refractivity contribution in [3.63, 3.8) is 0 Å².